The Kier molecular flexibility index (Phi) is 4.82. The van der Waals surface area contributed by atoms with Crippen molar-refractivity contribution in [3.8, 4) is 0 Å². The second-order valence-electron chi connectivity index (χ2n) is 1.65. The molecule has 0 fully saturated rings. The van der Waals surface area contributed by atoms with Gasteiger partial charge in [-0.05, 0) is 0 Å². The van der Waals surface area contributed by atoms with Gasteiger partial charge in [0.15, 0.2) is 6.23 Å². The molecule has 0 aliphatic heterocycles. The van der Waals surface area contributed by atoms with Crippen LogP contribution in [0, 0.1) is 0 Å². The monoisotopic (exact) mass is 239 g/mol. The molecule has 3 nitrogen and oxygen atoms in total. The minimum Gasteiger partial charge on any atom is -0.369 e. The van der Waals surface area contributed by atoms with Crippen LogP contribution in [-0.2, 0) is 4.79 Å². The van der Waals surface area contributed by atoms with E-state index < -0.39 is 15.9 Å². The molecule has 0 aliphatic carbocycles. The maximum atomic E-state index is 10.5. The van der Waals surface area contributed by atoms with Gasteiger partial charge < -0.3 is 10.4 Å². The Morgan fingerprint density at radius 2 is 2.00 bits per heavy atom. The van der Waals surface area contributed by atoms with Crippen LogP contribution in [-0.4, -0.2) is 26.9 Å². The topological polar surface area (TPSA) is 49.3 Å². The van der Waals surface area contributed by atoms with Gasteiger partial charge in [-0.1, -0.05) is 34.8 Å². The van der Waals surface area contributed by atoms with Crippen molar-refractivity contribution in [2.24, 2.45) is 0 Å². The predicted octanol–water partition coefficient (Wildman–Crippen LogP) is 1.03. The number of amides is 1. The van der Waals surface area contributed by atoms with Crippen molar-refractivity contribution in [2.45, 2.75) is 10.0 Å². The number of aliphatic hydroxyl groups is 1. The zero-order valence-electron chi connectivity index (χ0n) is 5.15. The molecule has 0 radical (unpaired) electrons. The molecule has 1 amide bonds. The number of hydrogen-bond acceptors (Lipinski definition) is 2. The van der Waals surface area contributed by atoms with Gasteiger partial charge in [0.2, 0.25) is 9.70 Å². The molecule has 0 heterocycles. The number of hydrogen-bond donors (Lipinski definition) is 2. The molecule has 11 heavy (non-hydrogen) atoms. The zero-order chi connectivity index (χ0) is 9.07. The van der Waals surface area contributed by atoms with Crippen LogP contribution in [0.5, 0.6) is 0 Å². The quantitative estimate of drug-likeness (QED) is 0.560. The van der Waals surface area contributed by atoms with Gasteiger partial charge in [-0.25, -0.2) is 0 Å². The Morgan fingerprint density at radius 3 is 2.27 bits per heavy atom. The van der Waals surface area contributed by atoms with Crippen molar-refractivity contribution in [3.63, 3.8) is 0 Å². The highest BCUT2D eigenvalue weighted by atomic mass is 35.6. The van der Waals surface area contributed by atoms with E-state index in [0.717, 1.165) is 0 Å². The molecular formula is C4H5Cl4NO2. The van der Waals surface area contributed by atoms with Crippen LogP contribution in [0.4, 0.5) is 0 Å². The van der Waals surface area contributed by atoms with Crippen molar-refractivity contribution < 1.29 is 9.90 Å². The lowest BCUT2D eigenvalue weighted by Gasteiger charge is -2.19. The lowest BCUT2D eigenvalue weighted by molar-refractivity contribution is -0.121. The molecule has 1 atom stereocenters. The van der Waals surface area contributed by atoms with Crippen molar-refractivity contribution >= 4 is 52.3 Å². The van der Waals surface area contributed by atoms with Gasteiger partial charge in [-0.3, -0.25) is 4.79 Å². The van der Waals surface area contributed by atoms with E-state index in [1.54, 1.807) is 0 Å². The molecule has 0 bridgehead atoms. The molecule has 0 spiro atoms. The summed E-state index contributed by atoms with van der Waals surface area (Å²) in [5.74, 6) is -0.900. The average molecular weight is 241 g/mol. The standard InChI is InChI=1S/C4H5Cl4NO2/c5-1-2(10)9-3(11)4(6,7)8/h3,11H,1H2,(H,9,10). The highest BCUT2D eigenvalue weighted by molar-refractivity contribution is 6.68. The Balaban J connectivity index is 3.87. The van der Waals surface area contributed by atoms with E-state index in [9.17, 15) is 4.79 Å². The molecule has 0 saturated heterocycles. The van der Waals surface area contributed by atoms with Crippen molar-refractivity contribution in [2.75, 3.05) is 5.88 Å². The summed E-state index contributed by atoms with van der Waals surface area (Å²) < 4.78 is -1.93. The lowest BCUT2D eigenvalue weighted by Crippen LogP contribution is -2.44. The normalized spacial score (nSPS) is 14.3. The summed E-state index contributed by atoms with van der Waals surface area (Å²) >= 11 is 20.7. The number of nitrogens with one attached hydrogen (secondary N) is 1. The lowest BCUT2D eigenvalue weighted by atomic mass is 10.6. The van der Waals surface area contributed by atoms with E-state index in [0.29, 0.717) is 0 Å². The molecule has 0 aliphatic rings. The fraction of sp³-hybridized carbons (Fsp3) is 0.750. The largest absolute Gasteiger partial charge is 0.369 e. The second-order valence-corrected chi connectivity index (χ2v) is 4.28. The predicted molar refractivity (Wildman–Crippen MR) is 45.2 cm³/mol. The van der Waals surface area contributed by atoms with E-state index in [4.69, 9.17) is 51.5 Å². The fourth-order valence-corrected chi connectivity index (χ4v) is 0.514. The zero-order valence-corrected chi connectivity index (χ0v) is 8.18. The third kappa shape index (κ3) is 4.93. The highest BCUT2D eigenvalue weighted by Crippen LogP contribution is 2.28. The fourth-order valence-electron chi connectivity index (χ4n) is 0.273. The summed E-state index contributed by atoms with van der Waals surface area (Å²) in [6.45, 7) is 0. The summed E-state index contributed by atoms with van der Waals surface area (Å²) in [4.78, 5) is 10.5. The van der Waals surface area contributed by atoms with Crippen LogP contribution >= 0.6 is 46.4 Å². The van der Waals surface area contributed by atoms with Crippen LogP contribution in [0.25, 0.3) is 0 Å². The van der Waals surface area contributed by atoms with Gasteiger partial charge in [-0.15, -0.1) is 11.6 Å². The minimum absolute atomic E-state index is 0.294. The smallest absolute Gasteiger partial charge is 0.237 e. The first-order valence-electron chi connectivity index (χ1n) is 2.48. The SMILES string of the molecule is O=C(CCl)NC(O)C(Cl)(Cl)Cl. The van der Waals surface area contributed by atoms with Crippen molar-refractivity contribution in [3.05, 3.63) is 0 Å². The molecule has 0 aromatic heterocycles. The van der Waals surface area contributed by atoms with Crippen molar-refractivity contribution in [1.82, 2.24) is 5.32 Å². The Morgan fingerprint density at radius 1 is 1.55 bits per heavy atom. The summed E-state index contributed by atoms with van der Waals surface area (Å²) in [5, 5.41) is 10.9. The molecule has 66 valence electrons. The van der Waals surface area contributed by atoms with E-state index in [2.05, 4.69) is 0 Å². The molecule has 1 unspecified atom stereocenters. The number of alkyl halides is 4. The third-order valence-corrected chi connectivity index (χ3v) is 1.59. The Hall–Kier alpha value is 0.590. The van der Waals surface area contributed by atoms with Crippen molar-refractivity contribution in [1.29, 1.82) is 0 Å². The molecule has 0 aromatic carbocycles. The summed E-state index contributed by atoms with van der Waals surface area (Å²) in [7, 11) is 0. The molecule has 0 rings (SSSR count). The van der Waals surface area contributed by atoms with Gasteiger partial charge in [0.1, 0.15) is 5.88 Å². The first-order chi connectivity index (χ1) is 4.88. The Labute approximate surface area is 83.6 Å². The van der Waals surface area contributed by atoms with Crippen LogP contribution in [0.15, 0.2) is 0 Å². The number of aliphatic hydroxyl groups excluding tert-OH is 1. The van der Waals surface area contributed by atoms with Gasteiger partial charge in [-0.2, -0.15) is 0 Å². The molecule has 0 aromatic rings. The number of carbonyl (C=O) groups excluding carboxylic acids is 1. The maximum absolute atomic E-state index is 10.5. The third-order valence-electron chi connectivity index (χ3n) is 0.729. The first kappa shape index (κ1) is 11.6. The van der Waals surface area contributed by atoms with Gasteiger partial charge >= 0.3 is 0 Å². The van der Waals surface area contributed by atoms with E-state index >= 15 is 0 Å². The van der Waals surface area contributed by atoms with E-state index in [1.165, 1.54) is 0 Å². The van der Waals surface area contributed by atoms with Gasteiger partial charge in [0.25, 0.3) is 0 Å². The second kappa shape index (κ2) is 4.58. The minimum atomic E-state index is -1.93. The summed E-state index contributed by atoms with van der Waals surface area (Å²) in [6.07, 6.45) is -1.54. The van der Waals surface area contributed by atoms with E-state index in [1.807, 2.05) is 5.32 Å². The molecule has 7 heteroatoms. The first-order valence-corrected chi connectivity index (χ1v) is 4.15. The molecule has 2 N–H and O–H groups in total. The van der Waals surface area contributed by atoms with Crippen LogP contribution < -0.4 is 5.32 Å². The number of rotatable bonds is 2. The van der Waals surface area contributed by atoms with Gasteiger partial charge in [0, 0.05) is 0 Å². The van der Waals surface area contributed by atoms with Gasteiger partial charge in [0.05, 0.1) is 0 Å². The molecule has 0 saturated carbocycles. The van der Waals surface area contributed by atoms with E-state index in [-0.39, 0.29) is 5.88 Å². The maximum Gasteiger partial charge on any atom is 0.237 e. The number of halogens is 4. The summed E-state index contributed by atoms with van der Waals surface area (Å²) in [5.41, 5.74) is 0. The average Bonchev–Trinajstić information content (AvgIpc) is 1.85. The molecular weight excluding hydrogens is 236 g/mol. The highest BCUT2D eigenvalue weighted by Gasteiger charge is 2.31. The van der Waals surface area contributed by atoms with Crippen LogP contribution in [0.1, 0.15) is 0 Å². The summed E-state index contributed by atoms with van der Waals surface area (Å²) in [6, 6.07) is 0. The Bertz CT molecular complexity index is 146. The number of carbonyl (C=O) groups is 1. The van der Waals surface area contributed by atoms with Crippen LogP contribution in [0.3, 0.4) is 0 Å². The van der Waals surface area contributed by atoms with Crippen LogP contribution in [0.2, 0.25) is 0 Å².